The van der Waals surface area contributed by atoms with Crippen LogP contribution in [0.15, 0.2) is 37.2 Å². The van der Waals surface area contributed by atoms with Crippen molar-refractivity contribution in [3.63, 3.8) is 0 Å². The lowest BCUT2D eigenvalue weighted by Gasteiger charge is -2.11. The van der Waals surface area contributed by atoms with E-state index in [0.29, 0.717) is 23.6 Å². The number of halogens is 2. The quantitative estimate of drug-likeness (QED) is 0.832. The number of hydrogen-bond acceptors (Lipinski definition) is 4. The van der Waals surface area contributed by atoms with Gasteiger partial charge in [-0.15, -0.1) is 6.58 Å². The van der Waals surface area contributed by atoms with Crippen LogP contribution in [0.1, 0.15) is 0 Å². The molecule has 21 heavy (non-hydrogen) atoms. The van der Waals surface area contributed by atoms with Crippen molar-refractivity contribution in [3.05, 3.63) is 37.2 Å². The lowest BCUT2D eigenvalue weighted by Crippen LogP contribution is -2.04. The number of imidazole rings is 1. The molecule has 2 aromatic rings. The van der Waals surface area contributed by atoms with Gasteiger partial charge in [-0.25, -0.2) is 4.98 Å². The van der Waals surface area contributed by atoms with Crippen LogP contribution in [0, 0.1) is 0 Å². The summed E-state index contributed by atoms with van der Waals surface area (Å²) in [6, 6.07) is 4.62. The largest absolute Gasteiger partial charge is 0.493 e. The van der Waals surface area contributed by atoms with Crippen molar-refractivity contribution in [2.24, 2.45) is 0 Å². The maximum atomic E-state index is 12.4. The van der Waals surface area contributed by atoms with E-state index in [1.54, 1.807) is 23.0 Å². The van der Waals surface area contributed by atoms with Gasteiger partial charge in [0.2, 0.25) is 0 Å². The van der Waals surface area contributed by atoms with Crippen molar-refractivity contribution in [2.45, 2.75) is 13.2 Å². The zero-order valence-electron chi connectivity index (χ0n) is 11.4. The Balaban J connectivity index is 2.42. The fourth-order valence-corrected chi connectivity index (χ4v) is 1.91. The van der Waals surface area contributed by atoms with E-state index in [1.807, 2.05) is 0 Å². The van der Waals surface area contributed by atoms with Gasteiger partial charge in [0.1, 0.15) is 11.5 Å². The van der Waals surface area contributed by atoms with Crippen LogP contribution in [0.3, 0.4) is 0 Å². The van der Waals surface area contributed by atoms with E-state index in [-0.39, 0.29) is 11.5 Å². The average Bonchev–Trinajstić information content (AvgIpc) is 2.80. The number of allylic oxidation sites excluding steroid dienone is 1. The van der Waals surface area contributed by atoms with Crippen molar-refractivity contribution in [1.29, 1.82) is 0 Å². The van der Waals surface area contributed by atoms with Crippen LogP contribution in [0.2, 0.25) is 0 Å². The molecule has 0 aliphatic rings. The summed E-state index contributed by atoms with van der Waals surface area (Å²) in [6.45, 7) is 1.19. The number of benzene rings is 1. The van der Waals surface area contributed by atoms with E-state index in [9.17, 15) is 8.78 Å². The third-order valence-electron chi connectivity index (χ3n) is 2.86. The Bertz CT molecular complexity index is 641. The molecule has 1 aromatic heterocycles. The van der Waals surface area contributed by atoms with E-state index < -0.39 is 6.61 Å². The zero-order valence-corrected chi connectivity index (χ0v) is 11.4. The number of methoxy groups -OCH3 is 1. The van der Waals surface area contributed by atoms with Crippen LogP contribution >= 0.6 is 0 Å². The topological polar surface area (TPSA) is 62.3 Å². The summed E-state index contributed by atoms with van der Waals surface area (Å²) in [7, 11) is 1.38. The van der Waals surface area contributed by atoms with Crippen molar-refractivity contribution >= 4 is 5.82 Å². The Labute approximate surface area is 120 Å². The van der Waals surface area contributed by atoms with E-state index in [1.165, 1.54) is 19.2 Å². The molecule has 0 amide bonds. The smallest absolute Gasteiger partial charge is 0.387 e. The zero-order chi connectivity index (χ0) is 15.4. The van der Waals surface area contributed by atoms with Crippen molar-refractivity contribution in [2.75, 3.05) is 12.8 Å². The number of anilines is 1. The number of aromatic nitrogens is 2. The maximum Gasteiger partial charge on any atom is 0.387 e. The van der Waals surface area contributed by atoms with Crippen LogP contribution < -0.4 is 15.2 Å². The summed E-state index contributed by atoms with van der Waals surface area (Å²) < 4.78 is 36.0. The maximum absolute atomic E-state index is 12.4. The Kier molecular flexibility index (Phi) is 4.42. The van der Waals surface area contributed by atoms with Gasteiger partial charge in [0.25, 0.3) is 0 Å². The van der Waals surface area contributed by atoms with Crippen LogP contribution in [-0.2, 0) is 6.54 Å². The van der Waals surface area contributed by atoms with Gasteiger partial charge in [-0.3, -0.25) is 0 Å². The minimum Gasteiger partial charge on any atom is -0.493 e. The first kappa shape index (κ1) is 14.8. The first-order valence-electron chi connectivity index (χ1n) is 6.11. The van der Waals surface area contributed by atoms with Crippen molar-refractivity contribution < 1.29 is 18.3 Å². The molecule has 1 aromatic carbocycles. The van der Waals surface area contributed by atoms with E-state index >= 15 is 0 Å². The Hall–Kier alpha value is -2.57. The second-order valence-corrected chi connectivity index (χ2v) is 4.16. The van der Waals surface area contributed by atoms with E-state index in [2.05, 4.69) is 16.3 Å². The molecule has 0 aliphatic heterocycles. The summed E-state index contributed by atoms with van der Waals surface area (Å²) in [6.07, 6.45) is 3.24. The first-order chi connectivity index (χ1) is 10.1. The van der Waals surface area contributed by atoms with Crippen LogP contribution in [0.4, 0.5) is 14.6 Å². The Morgan fingerprint density at radius 3 is 2.81 bits per heavy atom. The average molecular weight is 295 g/mol. The molecule has 2 N–H and O–H groups in total. The third-order valence-corrected chi connectivity index (χ3v) is 2.86. The monoisotopic (exact) mass is 295 g/mol. The summed E-state index contributed by atoms with van der Waals surface area (Å²) >= 11 is 0. The summed E-state index contributed by atoms with van der Waals surface area (Å²) in [5.74, 6) is 0.564. The lowest BCUT2D eigenvalue weighted by atomic mass is 10.1. The third kappa shape index (κ3) is 3.13. The number of nitrogen functional groups attached to an aromatic ring is 1. The molecule has 0 aliphatic carbocycles. The highest BCUT2D eigenvalue weighted by Gasteiger charge is 2.15. The summed E-state index contributed by atoms with van der Waals surface area (Å²) in [5, 5.41) is 0. The fraction of sp³-hybridized carbons (Fsp3) is 0.214. The predicted octanol–water partition coefficient (Wildman–Crippen LogP) is 2.93. The number of ether oxygens (including phenoxy) is 2. The highest BCUT2D eigenvalue weighted by atomic mass is 19.3. The molecule has 7 heteroatoms. The van der Waals surface area contributed by atoms with E-state index in [4.69, 9.17) is 10.5 Å². The summed E-state index contributed by atoms with van der Waals surface area (Å²) in [4.78, 5) is 4.19. The van der Waals surface area contributed by atoms with Gasteiger partial charge in [-0.05, 0) is 18.2 Å². The molecule has 0 saturated heterocycles. The van der Waals surface area contributed by atoms with Crippen LogP contribution in [0.25, 0.3) is 11.3 Å². The molecule has 1 heterocycles. The molecular formula is C14H15F2N3O2. The van der Waals surface area contributed by atoms with Crippen LogP contribution in [-0.4, -0.2) is 23.3 Å². The fourth-order valence-electron chi connectivity index (χ4n) is 1.91. The summed E-state index contributed by atoms with van der Waals surface area (Å²) in [5.41, 5.74) is 7.02. The number of nitrogens with zero attached hydrogens (tertiary/aromatic N) is 2. The molecule has 0 spiro atoms. The van der Waals surface area contributed by atoms with Gasteiger partial charge in [-0.1, -0.05) is 6.08 Å². The van der Waals surface area contributed by atoms with Crippen molar-refractivity contribution in [3.8, 4) is 22.8 Å². The number of rotatable bonds is 6. The SMILES string of the molecule is C=CCn1cnc(-c2ccc(OC)c(OC(F)F)c2)c1N. The molecule has 2 rings (SSSR count). The number of alkyl halides is 2. The van der Waals surface area contributed by atoms with Crippen molar-refractivity contribution in [1.82, 2.24) is 9.55 Å². The molecule has 0 bridgehead atoms. The van der Waals surface area contributed by atoms with Gasteiger partial charge in [0.15, 0.2) is 11.5 Å². The number of nitrogens with two attached hydrogens (primary N) is 1. The van der Waals surface area contributed by atoms with E-state index in [0.717, 1.165) is 0 Å². The highest BCUT2D eigenvalue weighted by Crippen LogP contribution is 2.34. The molecule has 5 nitrogen and oxygen atoms in total. The van der Waals surface area contributed by atoms with Gasteiger partial charge in [0.05, 0.1) is 13.4 Å². The van der Waals surface area contributed by atoms with Gasteiger partial charge < -0.3 is 19.8 Å². The minimum atomic E-state index is -2.94. The second kappa shape index (κ2) is 6.25. The second-order valence-electron chi connectivity index (χ2n) is 4.16. The molecule has 0 fully saturated rings. The molecular weight excluding hydrogens is 280 g/mol. The van der Waals surface area contributed by atoms with Gasteiger partial charge in [0, 0.05) is 12.1 Å². The molecule has 0 unspecified atom stereocenters. The normalized spacial score (nSPS) is 10.7. The standard InChI is InChI=1S/C14H15F2N3O2/c1-3-6-19-8-18-12(13(19)17)9-4-5-10(20-2)11(7-9)21-14(15)16/h3-5,7-8,14H,1,6,17H2,2H3. The minimum absolute atomic E-state index is 0.0670. The molecule has 0 atom stereocenters. The Morgan fingerprint density at radius 1 is 1.43 bits per heavy atom. The highest BCUT2D eigenvalue weighted by molar-refractivity contribution is 5.72. The molecule has 112 valence electrons. The lowest BCUT2D eigenvalue weighted by molar-refractivity contribution is -0.0511. The first-order valence-corrected chi connectivity index (χ1v) is 6.11. The van der Waals surface area contributed by atoms with Gasteiger partial charge in [-0.2, -0.15) is 8.78 Å². The van der Waals surface area contributed by atoms with Crippen LogP contribution in [0.5, 0.6) is 11.5 Å². The van der Waals surface area contributed by atoms with Gasteiger partial charge >= 0.3 is 6.61 Å². The molecule has 0 radical (unpaired) electrons. The predicted molar refractivity (Wildman–Crippen MR) is 75.5 cm³/mol. The Morgan fingerprint density at radius 2 is 2.19 bits per heavy atom. The molecule has 0 saturated carbocycles. The number of hydrogen-bond donors (Lipinski definition) is 1.